The van der Waals surface area contributed by atoms with Gasteiger partial charge in [0.1, 0.15) is 11.3 Å². The Morgan fingerprint density at radius 2 is 2.00 bits per heavy atom. The molecule has 3 rings (SSSR count). The quantitative estimate of drug-likeness (QED) is 0.837. The van der Waals surface area contributed by atoms with Crippen molar-refractivity contribution >= 4 is 34.9 Å². The van der Waals surface area contributed by atoms with Gasteiger partial charge in [-0.2, -0.15) is 0 Å². The number of nitrogens with zero attached hydrogens (tertiary/aromatic N) is 2. The monoisotopic (exact) mass is 308 g/mol. The molecular formula is C13H10Cl2N4O. The Hall–Kier alpha value is -1.69. The topological polar surface area (TPSA) is 66.9 Å². The fraction of sp³-hybridized carbons (Fsp3) is 0.154. The Balaban J connectivity index is 1.84. The number of hydrogen-bond donors (Lipinski definition) is 2. The van der Waals surface area contributed by atoms with Crippen LogP contribution in [0, 0.1) is 0 Å². The van der Waals surface area contributed by atoms with Crippen molar-refractivity contribution in [3.63, 3.8) is 0 Å². The average molecular weight is 309 g/mol. The van der Waals surface area contributed by atoms with E-state index in [4.69, 9.17) is 23.2 Å². The minimum Gasteiger partial charge on any atom is -0.309 e. The first-order valence-electron chi connectivity index (χ1n) is 5.95. The number of halogens is 2. The summed E-state index contributed by atoms with van der Waals surface area (Å²) >= 11 is 11.7. The zero-order valence-electron chi connectivity index (χ0n) is 10.3. The van der Waals surface area contributed by atoms with Crippen LogP contribution in [-0.4, -0.2) is 15.9 Å². The largest absolute Gasteiger partial charge is 0.309 e. The Morgan fingerprint density at radius 1 is 1.20 bits per heavy atom. The zero-order valence-corrected chi connectivity index (χ0v) is 11.8. The van der Waals surface area contributed by atoms with Gasteiger partial charge in [-0.1, -0.05) is 29.3 Å². The van der Waals surface area contributed by atoms with Crippen LogP contribution in [0.4, 0.5) is 5.82 Å². The fourth-order valence-corrected chi connectivity index (χ4v) is 2.33. The van der Waals surface area contributed by atoms with Gasteiger partial charge in [0.25, 0.3) is 5.91 Å². The van der Waals surface area contributed by atoms with Crippen LogP contribution in [0.15, 0.2) is 24.5 Å². The predicted octanol–water partition coefficient (Wildman–Crippen LogP) is 2.64. The molecule has 0 saturated carbocycles. The number of aromatic nitrogens is 2. The first-order valence-corrected chi connectivity index (χ1v) is 6.70. The molecule has 0 aliphatic carbocycles. The molecular weight excluding hydrogens is 299 g/mol. The molecule has 0 spiro atoms. The van der Waals surface area contributed by atoms with E-state index in [0.29, 0.717) is 5.56 Å². The molecule has 2 heterocycles. The van der Waals surface area contributed by atoms with Gasteiger partial charge in [-0.05, 0) is 23.3 Å². The number of hydrogen-bond acceptors (Lipinski definition) is 4. The van der Waals surface area contributed by atoms with E-state index in [2.05, 4.69) is 20.6 Å². The van der Waals surface area contributed by atoms with Crippen LogP contribution in [0.5, 0.6) is 0 Å². The fourth-order valence-electron chi connectivity index (χ4n) is 2.05. The predicted molar refractivity (Wildman–Crippen MR) is 77.0 cm³/mol. The molecule has 0 atom stereocenters. The number of carbonyl (C=O) groups is 1. The Labute approximate surface area is 125 Å². The molecule has 2 aromatic rings. The van der Waals surface area contributed by atoms with Crippen molar-refractivity contribution in [3.05, 3.63) is 51.4 Å². The van der Waals surface area contributed by atoms with Gasteiger partial charge in [0.05, 0.1) is 0 Å². The second-order valence-electron chi connectivity index (χ2n) is 4.37. The maximum Gasteiger partial charge on any atom is 0.256 e. The summed E-state index contributed by atoms with van der Waals surface area (Å²) in [6, 6.07) is 5.58. The maximum absolute atomic E-state index is 12.2. The maximum atomic E-state index is 12.2. The number of amides is 1. The molecule has 2 N–H and O–H groups in total. The molecule has 1 amide bonds. The van der Waals surface area contributed by atoms with Crippen molar-refractivity contribution in [2.24, 2.45) is 0 Å². The molecule has 0 unspecified atom stereocenters. The van der Waals surface area contributed by atoms with Crippen molar-refractivity contribution in [1.29, 1.82) is 0 Å². The summed E-state index contributed by atoms with van der Waals surface area (Å²) in [4.78, 5) is 19.8. The summed E-state index contributed by atoms with van der Waals surface area (Å²) in [5, 5.41) is 6.10. The molecule has 1 aliphatic rings. The standard InChI is InChI=1S/C13H10Cl2N4O/c14-10-11(15)17-6-18-12(10)19-13(20)7-1-2-8-4-16-5-9(8)3-7/h1-3,6,16H,4-5H2,(H,17,18,19,20). The first kappa shape index (κ1) is 13.3. The molecule has 7 heteroatoms. The lowest BCUT2D eigenvalue weighted by Gasteiger charge is -2.07. The van der Waals surface area contributed by atoms with Gasteiger partial charge in [-0.3, -0.25) is 4.79 Å². The van der Waals surface area contributed by atoms with Gasteiger partial charge >= 0.3 is 0 Å². The van der Waals surface area contributed by atoms with Crippen LogP contribution in [0.3, 0.4) is 0 Å². The van der Waals surface area contributed by atoms with E-state index in [9.17, 15) is 4.79 Å². The van der Waals surface area contributed by atoms with Gasteiger partial charge in [0, 0.05) is 18.7 Å². The average Bonchev–Trinajstić information content (AvgIpc) is 2.91. The minimum absolute atomic E-state index is 0.107. The number of fused-ring (bicyclic) bond motifs is 1. The molecule has 20 heavy (non-hydrogen) atoms. The highest BCUT2D eigenvalue weighted by molar-refractivity contribution is 6.43. The minimum atomic E-state index is -0.281. The van der Waals surface area contributed by atoms with Crippen LogP contribution < -0.4 is 10.6 Å². The Morgan fingerprint density at radius 3 is 2.85 bits per heavy atom. The molecule has 1 aromatic heterocycles. The van der Waals surface area contributed by atoms with Crippen molar-refractivity contribution in [2.75, 3.05) is 5.32 Å². The van der Waals surface area contributed by atoms with Crippen LogP contribution in [0.1, 0.15) is 21.5 Å². The summed E-state index contributed by atoms with van der Waals surface area (Å²) in [7, 11) is 0. The van der Waals surface area contributed by atoms with E-state index in [-0.39, 0.29) is 21.9 Å². The molecule has 5 nitrogen and oxygen atoms in total. The van der Waals surface area contributed by atoms with Crippen LogP contribution >= 0.6 is 23.2 Å². The molecule has 0 bridgehead atoms. The third-order valence-corrected chi connectivity index (χ3v) is 3.82. The highest BCUT2D eigenvalue weighted by Gasteiger charge is 2.15. The zero-order chi connectivity index (χ0) is 14.1. The summed E-state index contributed by atoms with van der Waals surface area (Å²) in [5.41, 5.74) is 2.90. The summed E-state index contributed by atoms with van der Waals surface area (Å²) < 4.78 is 0. The number of carbonyl (C=O) groups excluding carboxylic acids is 1. The number of benzene rings is 1. The number of nitrogens with one attached hydrogen (secondary N) is 2. The molecule has 1 aromatic carbocycles. The Bertz CT molecular complexity index is 690. The van der Waals surface area contributed by atoms with Crippen molar-refractivity contribution in [3.8, 4) is 0 Å². The summed E-state index contributed by atoms with van der Waals surface area (Å²) in [6.07, 6.45) is 1.25. The van der Waals surface area contributed by atoms with Crippen molar-refractivity contribution in [2.45, 2.75) is 13.1 Å². The van der Waals surface area contributed by atoms with E-state index < -0.39 is 0 Å². The van der Waals surface area contributed by atoms with Crippen LogP contribution in [0.2, 0.25) is 10.2 Å². The smallest absolute Gasteiger partial charge is 0.256 e. The van der Waals surface area contributed by atoms with E-state index in [1.165, 1.54) is 11.9 Å². The van der Waals surface area contributed by atoms with E-state index in [0.717, 1.165) is 18.7 Å². The van der Waals surface area contributed by atoms with Crippen molar-refractivity contribution in [1.82, 2.24) is 15.3 Å². The molecule has 0 radical (unpaired) electrons. The lowest BCUT2D eigenvalue weighted by molar-refractivity contribution is 0.102. The normalized spacial score (nSPS) is 13.1. The number of rotatable bonds is 2. The second kappa shape index (κ2) is 5.36. The lowest BCUT2D eigenvalue weighted by atomic mass is 10.1. The summed E-state index contributed by atoms with van der Waals surface area (Å²) in [6.45, 7) is 1.61. The van der Waals surface area contributed by atoms with Gasteiger partial charge in [0.15, 0.2) is 11.0 Å². The Kier molecular flexibility index (Phi) is 3.56. The van der Waals surface area contributed by atoms with Crippen LogP contribution in [0.25, 0.3) is 0 Å². The van der Waals surface area contributed by atoms with Crippen LogP contribution in [-0.2, 0) is 13.1 Å². The lowest BCUT2D eigenvalue weighted by Crippen LogP contribution is -2.14. The van der Waals surface area contributed by atoms with Gasteiger partial charge in [-0.15, -0.1) is 0 Å². The van der Waals surface area contributed by atoms with E-state index in [1.807, 2.05) is 12.1 Å². The second-order valence-corrected chi connectivity index (χ2v) is 5.10. The van der Waals surface area contributed by atoms with Gasteiger partial charge in [-0.25, -0.2) is 9.97 Å². The third-order valence-electron chi connectivity index (χ3n) is 3.08. The summed E-state index contributed by atoms with van der Waals surface area (Å²) in [5.74, 6) is -0.0772. The van der Waals surface area contributed by atoms with Gasteiger partial charge < -0.3 is 10.6 Å². The first-order chi connectivity index (χ1) is 9.65. The van der Waals surface area contributed by atoms with Gasteiger partial charge in [0.2, 0.25) is 0 Å². The SMILES string of the molecule is O=C(Nc1ncnc(Cl)c1Cl)c1ccc2c(c1)CNC2. The van der Waals surface area contributed by atoms with E-state index in [1.54, 1.807) is 6.07 Å². The molecule has 102 valence electrons. The third kappa shape index (κ3) is 2.47. The number of anilines is 1. The van der Waals surface area contributed by atoms with Crippen molar-refractivity contribution < 1.29 is 4.79 Å². The molecule has 1 aliphatic heterocycles. The molecule has 0 saturated heterocycles. The van der Waals surface area contributed by atoms with E-state index >= 15 is 0 Å². The highest BCUT2D eigenvalue weighted by Crippen LogP contribution is 2.26. The molecule has 0 fully saturated rings. The highest BCUT2D eigenvalue weighted by atomic mass is 35.5.